The maximum atomic E-state index is 2.43. The van der Waals surface area contributed by atoms with Crippen molar-refractivity contribution in [1.29, 1.82) is 0 Å². The highest BCUT2D eigenvalue weighted by Crippen LogP contribution is 2.51. The fraction of sp³-hybridized carbons (Fsp3) is 0.0508. The quantitative estimate of drug-likeness (QED) is 0.152. The average molecular weight is 781 g/mol. The number of hydrogen-bond acceptors (Lipinski definition) is 2. The van der Waals surface area contributed by atoms with Crippen molar-refractivity contribution in [3.63, 3.8) is 0 Å². The standard InChI is InChI=1S/C59H44N2/c1-59(2)55-27-12-11-23-52(55)53-39-38-48(40-56(53)59)60(45-20-7-4-8-21-45)46-36-32-44(33-37-46)49-24-14-26-54-51(49)25-15-29-58(54)61(57-28-13-19-43-18-9-10-22-50(43)57)47-34-30-42(31-35-47)41-16-5-3-6-17-41/h3-40H,1-2H3. The zero-order valence-electron chi connectivity index (χ0n) is 34.3. The van der Waals surface area contributed by atoms with E-state index in [4.69, 9.17) is 0 Å². The second-order valence-electron chi connectivity index (χ2n) is 16.5. The summed E-state index contributed by atoms with van der Waals surface area (Å²) in [4.78, 5) is 4.82. The molecule has 0 saturated heterocycles. The smallest absolute Gasteiger partial charge is 0.0540 e. The largest absolute Gasteiger partial charge is 0.310 e. The van der Waals surface area contributed by atoms with E-state index in [0.29, 0.717) is 0 Å². The molecule has 0 radical (unpaired) electrons. The van der Waals surface area contributed by atoms with E-state index in [1.807, 2.05) is 0 Å². The first-order valence-electron chi connectivity index (χ1n) is 21.2. The van der Waals surface area contributed by atoms with Gasteiger partial charge in [-0.15, -0.1) is 0 Å². The van der Waals surface area contributed by atoms with Crippen molar-refractivity contribution in [1.82, 2.24) is 0 Å². The molecule has 0 atom stereocenters. The maximum Gasteiger partial charge on any atom is 0.0540 e. The molecule has 11 rings (SSSR count). The van der Waals surface area contributed by atoms with Crippen LogP contribution in [0.5, 0.6) is 0 Å². The average Bonchev–Trinajstić information content (AvgIpc) is 3.55. The number of fused-ring (bicyclic) bond motifs is 5. The summed E-state index contributed by atoms with van der Waals surface area (Å²) in [6, 6.07) is 84.0. The van der Waals surface area contributed by atoms with Gasteiger partial charge >= 0.3 is 0 Å². The molecule has 0 heterocycles. The van der Waals surface area contributed by atoms with Crippen LogP contribution in [0.3, 0.4) is 0 Å². The van der Waals surface area contributed by atoms with Gasteiger partial charge in [0.1, 0.15) is 0 Å². The summed E-state index contributed by atoms with van der Waals surface area (Å²) in [6.07, 6.45) is 0. The van der Waals surface area contributed by atoms with Crippen molar-refractivity contribution < 1.29 is 0 Å². The summed E-state index contributed by atoms with van der Waals surface area (Å²) in [6.45, 7) is 4.70. The van der Waals surface area contributed by atoms with E-state index in [9.17, 15) is 0 Å². The Morgan fingerprint density at radius 1 is 0.295 bits per heavy atom. The molecule has 0 aliphatic heterocycles. The molecule has 0 fully saturated rings. The Hall–Kier alpha value is -7.68. The van der Waals surface area contributed by atoms with Crippen LogP contribution in [-0.2, 0) is 5.41 Å². The fourth-order valence-electron chi connectivity index (χ4n) is 9.63. The van der Waals surface area contributed by atoms with Crippen molar-refractivity contribution >= 4 is 55.7 Å². The molecule has 10 aromatic rings. The lowest BCUT2D eigenvalue weighted by atomic mass is 9.82. The Bertz CT molecular complexity index is 3200. The predicted molar refractivity (Wildman–Crippen MR) is 259 cm³/mol. The summed E-state index contributed by atoms with van der Waals surface area (Å²) in [5, 5.41) is 4.82. The molecule has 0 saturated carbocycles. The zero-order valence-corrected chi connectivity index (χ0v) is 34.3. The van der Waals surface area contributed by atoms with Crippen LogP contribution in [-0.4, -0.2) is 0 Å². The van der Waals surface area contributed by atoms with E-state index >= 15 is 0 Å². The predicted octanol–water partition coefficient (Wildman–Crippen LogP) is 16.6. The summed E-state index contributed by atoms with van der Waals surface area (Å²) in [7, 11) is 0. The second kappa shape index (κ2) is 14.9. The van der Waals surface area contributed by atoms with Crippen LogP contribution in [0.1, 0.15) is 25.0 Å². The Labute approximate surface area is 358 Å². The number of anilines is 6. The minimum absolute atomic E-state index is 0.0871. The van der Waals surface area contributed by atoms with Crippen LogP contribution in [0.15, 0.2) is 231 Å². The highest BCUT2D eigenvalue weighted by atomic mass is 15.1. The monoisotopic (exact) mass is 780 g/mol. The molecule has 10 aromatic carbocycles. The lowest BCUT2D eigenvalue weighted by molar-refractivity contribution is 0.660. The minimum atomic E-state index is -0.0871. The van der Waals surface area contributed by atoms with E-state index in [0.717, 1.165) is 34.1 Å². The van der Waals surface area contributed by atoms with E-state index in [2.05, 4.69) is 254 Å². The molecule has 1 aliphatic carbocycles. The number of benzene rings is 10. The van der Waals surface area contributed by atoms with Crippen LogP contribution >= 0.6 is 0 Å². The third-order valence-electron chi connectivity index (χ3n) is 12.7. The SMILES string of the molecule is CC1(C)c2ccccc2-c2ccc(N(c3ccccc3)c3ccc(-c4cccc5c(N(c6ccc(-c7ccccc7)cc6)c6cccc7ccccc67)cccc45)cc3)cc21. The van der Waals surface area contributed by atoms with Gasteiger partial charge in [-0.3, -0.25) is 0 Å². The van der Waals surface area contributed by atoms with Gasteiger partial charge in [0.25, 0.3) is 0 Å². The first-order valence-corrected chi connectivity index (χ1v) is 21.2. The number of hydrogen-bond donors (Lipinski definition) is 0. The van der Waals surface area contributed by atoms with Gasteiger partial charge in [-0.2, -0.15) is 0 Å². The fourth-order valence-corrected chi connectivity index (χ4v) is 9.63. The van der Waals surface area contributed by atoms with Crippen LogP contribution in [0.25, 0.3) is 54.9 Å². The highest BCUT2D eigenvalue weighted by molar-refractivity contribution is 6.08. The van der Waals surface area contributed by atoms with Crippen molar-refractivity contribution in [3.05, 3.63) is 242 Å². The zero-order chi connectivity index (χ0) is 40.9. The molecule has 0 bridgehead atoms. The molecule has 0 aromatic heterocycles. The van der Waals surface area contributed by atoms with E-state index in [-0.39, 0.29) is 5.41 Å². The van der Waals surface area contributed by atoms with Gasteiger partial charge in [-0.05, 0) is 116 Å². The van der Waals surface area contributed by atoms with Crippen molar-refractivity contribution in [2.24, 2.45) is 0 Å². The molecule has 2 heteroatoms. The normalized spacial score (nSPS) is 12.6. The molecule has 1 aliphatic rings. The van der Waals surface area contributed by atoms with Gasteiger partial charge in [-0.1, -0.05) is 184 Å². The molecule has 290 valence electrons. The molecule has 61 heavy (non-hydrogen) atoms. The van der Waals surface area contributed by atoms with Crippen molar-refractivity contribution in [2.45, 2.75) is 19.3 Å². The maximum absolute atomic E-state index is 2.43. The van der Waals surface area contributed by atoms with Gasteiger partial charge in [-0.25, -0.2) is 0 Å². The summed E-state index contributed by atoms with van der Waals surface area (Å²) in [5.41, 5.74) is 16.9. The van der Waals surface area contributed by atoms with Crippen LogP contribution in [0.2, 0.25) is 0 Å². The van der Waals surface area contributed by atoms with E-state index in [1.54, 1.807) is 0 Å². The summed E-state index contributed by atoms with van der Waals surface area (Å²) < 4.78 is 0. The van der Waals surface area contributed by atoms with Gasteiger partial charge < -0.3 is 9.80 Å². The molecule has 0 spiro atoms. The molecule has 0 N–H and O–H groups in total. The Morgan fingerprint density at radius 3 is 1.57 bits per heavy atom. The van der Waals surface area contributed by atoms with Gasteiger partial charge in [0, 0.05) is 38.9 Å². The van der Waals surface area contributed by atoms with Crippen LogP contribution in [0.4, 0.5) is 34.1 Å². The second-order valence-corrected chi connectivity index (χ2v) is 16.5. The molecule has 0 unspecified atom stereocenters. The lowest BCUT2D eigenvalue weighted by Gasteiger charge is -2.29. The molecular weight excluding hydrogens is 737 g/mol. The third-order valence-corrected chi connectivity index (χ3v) is 12.7. The van der Waals surface area contributed by atoms with Crippen molar-refractivity contribution in [2.75, 3.05) is 9.80 Å². The first-order chi connectivity index (χ1) is 30.0. The van der Waals surface area contributed by atoms with Gasteiger partial charge in [0.2, 0.25) is 0 Å². The lowest BCUT2D eigenvalue weighted by Crippen LogP contribution is -2.16. The van der Waals surface area contributed by atoms with E-state index < -0.39 is 0 Å². The molecule has 2 nitrogen and oxygen atoms in total. The van der Waals surface area contributed by atoms with Gasteiger partial charge in [0.05, 0.1) is 11.4 Å². The minimum Gasteiger partial charge on any atom is -0.310 e. The molecule has 0 amide bonds. The van der Waals surface area contributed by atoms with Crippen LogP contribution < -0.4 is 9.80 Å². The number of para-hydroxylation sites is 1. The van der Waals surface area contributed by atoms with Crippen LogP contribution in [0, 0.1) is 0 Å². The highest BCUT2D eigenvalue weighted by Gasteiger charge is 2.35. The first kappa shape index (κ1) is 36.4. The molecular formula is C59H44N2. The number of rotatable bonds is 8. The van der Waals surface area contributed by atoms with E-state index in [1.165, 1.54) is 66.1 Å². The topological polar surface area (TPSA) is 6.48 Å². The Morgan fingerprint density at radius 2 is 0.787 bits per heavy atom. The third kappa shape index (κ3) is 6.27. The van der Waals surface area contributed by atoms with Gasteiger partial charge in [0.15, 0.2) is 0 Å². The van der Waals surface area contributed by atoms with Crippen molar-refractivity contribution in [3.8, 4) is 33.4 Å². The number of nitrogens with zero attached hydrogens (tertiary/aromatic N) is 2. The summed E-state index contributed by atoms with van der Waals surface area (Å²) >= 11 is 0. The Kier molecular flexibility index (Phi) is 8.86. The Balaban J connectivity index is 1.01. The summed E-state index contributed by atoms with van der Waals surface area (Å²) in [5.74, 6) is 0.